The molecule has 1 aromatic carbocycles. The smallest absolute Gasteiger partial charge is 0.0470 e. The van der Waals surface area contributed by atoms with E-state index in [1.807, 2.05) is 0 Å². The van der Waals surface area contributed by atoms with Crippen molar-refractivity contribution in [3.63, 3.8) is 0 Å². The molecule has 1 aliphatic rings. The van der Waals surface area contributed by atoms with E-state index in [-0.39, 0.29) is 0 Å². The minimum absolute atomic E-state index is 0.359. The number of nitrogens with two attached hydrogens (primary N) is 1. The van der Waals surface area contributed by atoms with Crippen molar-refractivity contribution < 1.29 is 0 Å². The van der Waals surface area contributed by atoms with Crippen molar-refractivity contribution in [2.24, 2.45) is 11.1 Å². The van der Waals surface area contributed by atoms with Gasteiger partial charge in [-0.15, -0.1) is 0 Å². The second-order valence-corrected chi connectivity index (χ2v) is 6.62. The van der Waals surface area contributed by atoms with Crippen LogP contribution in [0.4, 0.5) is 5.69 Å². The van der Waals surface area contributed by atoms with Crippen LogP contribution in [0.1, 0.15) is 31.9 Å². The Labute approximate surface area is 117 Å². The molecule has 1 aromatic rings. The average molecular weight is 261 g/mol. The van der Waals surface area contributed by atoms with Crippen LogP contribution in [0.15, 0.2) is 24.3 Å². The van der Waals surface area contributed by atoms with Gasteiger partial charge >= 0.3 is 0 Å². The Morgan fingerprint density at radius 1 is 1.26 bits per heavy atom. The van der Waals surface area contributed by atoms with Crippen LogP contribution >= 0.6 is 0 Å². The molecule has 3 heteroatoms. The van der Waals surface area contributed by atoms with Gasteiger partial charge in [-0.25, -0.2) is 0 Å². The summed E-state index contributed by atoms with van der Waals surface area (Å²) < 4.78 is 0. The molecule has 1 unspecified atom stereocenters. The molecule has 0 saturated carbocycles. The van der Waals surface area contributed by atoms with Crippen LogP contribution in [0.5, 0.6) is 0 Å². The van der Waals surface area contributed by atoms with Gasteiger partial charge in [0, 0.05) is 38.9 Å². The lowest BCUT2D eigenvalue weighted by molar-refractivity contribution is 0.223. The zero-order valence-corrected chi connectivity index (χ0v) is 12.7. The molecule has 0 spiro atoms. The zero-order valence-electron chi connectivity index (χ0n) is 12.7. The van der Waals surface area contributed by atoms with E-state index in [1.165, 1.54) is 17.7 Å². The van der Waals surface area contributed by atoms with Crippen LogP contribution in [0, 0.1) is 5.41 Å². The Morgan fingerprint density at radius 3 is 2.32 bits per heavy atom. The third-order valence-electron chi connectivity index (χ3n) is 4.17. The summed E-state index contributed by atoms with van der Waals surface area (Å²) >= 11 is 0. The van der Waals surface area contributed by atoms with Crippen LogP contribution < -0.4 is 10.6 Å². The number of hydrogen-bond donors (Lipinski definition) is 1. The molecule has 0 aliphatic carbocycles. The summed E-state index contributed by atoms with van der Waals surface area (Å²) in [5, 5.41) is 0. The molecule has 1 heterocycles. The predicted octanol–water partition coefficient (Wildman–Crippen LogP) is 2.48. The summed E-state index contributed by atoms with van der Waals surface area (Å²) in [4.78, 5) is 4.66. The highest BCUT2D eigenvalue weighted by Gasteiger charge is 2.33. The maximum atomic E-state index is 6.02. The van der Waals surface area contributed by atoms with E-state index < -0.39 is 0 Å². The zero-order chi connectivity index (χ0) is 14.0. The Bertz CT molecular complexity index is 409. The third kappa shape index (κ3) is 3.28. The average Bonchev–Trinajstić information content (AvgIpc) is 2.71. The second kappa shape index (κ2) is 5.51. The molecule has 3 nitrogen and oxygen atoms in total. The van der Waals surface area contributed by atoms with E-state index in [1.54, 1.807) is 0 Å². The first-order valence-electron chi connectivity index (χ1n) is 7.14. The van der Waals surface area contributed by atoms with Gasteiger partial charge in [-0.2, -0.15) is 0 Å². The van der Waals surface area contributed by atoms with Gasteiger partial charge in [0.25, 0.3) is 0 Å². The first-order valence-corrected chi connectivity index (χ1v) is 7.14. The van der Waals surface area contributed by atoms with E-state index >= 15 is 0 Å². The predicted molar refractivity (Wildman–Crippen MR) is 82.5 cm³/mol. The van der Waals surface area contributed by atoms with Gasteiger partial charge < -0.3 is 10.6 Å². The molecule has 0 bridgehead atoms. The molecule has 0 aromatic heterocycles. The monoisotopic (exact) mass is 261 g/mol. The number of rotatable bonds is 4. The number of nitrogens with zero attached hydrogens (tertiary/aromatic N) is 2. The minimum atomic E-state index is 0.359. The van der Waals surface area contributed by atoms with Gasteiger partial charge in [0.15, 0.2) is 0 Å². The standard InChI is InChI=1S/C16H27N3/c1-16(2)9-10-19(12-16)15(11-17)13-5-7-14(8-6-13)18(3)4/h5-8,15H,9-12,17H2,1-4H3. The van der Waals surface area contributed by atoms with Gasteiger partial charge in [0.05, 0.1) is 0 Å². The lowest BCUT2D eigenvalue weighted by Gasteiger charge is -2.29. The fourth-order valence-electron chi connectivity index (χ4n) is 2.91. The first kappa shape index (κ1) is 14.4. The first-order chi connectivity index (χ1) is 8.93. The summed E-state index contributed by atoms with van der Waals surface area (Å²) in [5.74, 6) is 0. The number of hydrogen-bond acceptors (Lipinski definition) is 3. The van der Waals surface area contributed by atoms with Crippen molar-refractivity contribution in [3.05, 3.63) is 29.8 Å². The fraction of sp³-hybridized carbons (Fsp3) is 0.625. The Balaban J connectivity index is 2.14. The van der Waals surface area contributed by atoms with E-state index in [0.717, 1.165) is 13.1 Å². The van der Waals surface area contributed by atoms with Crippen molar-refractivity contribution >= 4 is 5.69 Å². The summed E-state index contributed by atoms with van der Waals surface area (Å²) in [6.07, 6.45) is 1.26. The molecule has 1 atom stereocenters. The van der Waals surface area contributed by atoms with Crippen molar-refractivity contribution in [2.45, 2.75) is 26.3 Å². The molecule has 19 heavy (non-hydrogen) atoms. The molecule has 0 radical (unpaired) electrons. The Morgan fingerprint density at radius 2 is 1.89 bits per heavy atom. The second-order valence-electron chi connectivity index (χ2n) is 6.62. The number of likely N-dealkylation sites (tertiary alicyclic amines) is 1. The lowest BCUT2D eigenvalue weighted by atomic mass is 9.93. The topological polar surface area (TPSA) is 32.5 Å². The van der Waals surface area contributed by atoms with Crippen LogP contribution in [0.2, 0.25) is 0 Å². The fourth-order valence-corrected chi connectivity index (χ4v) is 2.91. The summed E-state index contributed by atoms with van der Waals surface area (Å²) in [6, 6.07) is 9.16. The quantitative estimate of drug-likeness (QED) is 0.904. The molecule has 0 amide bonds. The van der Waals surface area contributed by atoms with E-state index in [0.29, 0.717) is 18.0 Å². The highest BCUT2D eigenvalue weighted by atomic mass is 15.2. The molecular formula is C16H27N3. The van der Waals surface area contributed by atoms with Crippen molar-refractivity contribution in [1.29, 1.82) is 0 Å². The van der Waals surface area contributed by atoms with Crippen LogP contribution in [0.25, 0.3) is 0 Å². The molecular weight excluding hydrogens is 234 g/mol. The molecule has 106 valence electrons. The Hall–Kier alpha value is -1.06. The largest absolute Gasteiger partial charge is 0.378 e. The van der Waals surface area contributed by atoms with Gasteiger partial charge in [-0.1, -0.05) is 26.0 Å². The van der Waals surface area contributed by atoms with Crippen molar-refractivity contribution in [3.8, 4) is 0 Å². The van der Waals surface area contributed by atoms with E-state index in [2.05, 4.69) is 62.0 Å². The maximum Gasteiger partial charge on any atom is 0.0470 e. The van der Waals surface area contributed by atoms with Gasteiger partial charge in [0.1, 0.15) is 0 Å². The van der Waals surface area contributed by atoms with Crippen LogP contribution in [0.3, 0.4) is 0 Å². The maximum absolute atomic E-state index is 6.02. The summed E-state index contributed by atoms with van der Waals surface area (Å²) in [7, 11) is 4.14. The summed E-state index contributed by atoms with van der Waals surface area (Å²) in [6.45, 7) is 7.68. The lowest BCUT2D eigenvalue weighted by Crippen LogP contribution is -2.33. The highest BCUT2D eigenvalue weighted by Crippen LogP contribution is 2.34. The van der Waals surface area contributed by atoms with Crippen LogP contribution in [-0.2, 0) is 0 Å². The van der Waals surface area contributed by atoms with Crippen LogP contribution in [-0.4, -0.2) is 38.6 Å². The van der Waals surface area contributed by atoms with Crippen molar-refractivity contribution in [1.82, 2.24) is 4.90 Å². The van der Waals surface area contributed by atoms with E-state index in [9.17, 15) is 0 Å². The summed E-state index contributed by atoms with van der Waals surface area (Å²) in [5.41, 5.74) is 9.02. The minimum Gasteiger partial charge on any atom is -0.378 e. The normalized spacial score (nSPS) is 20.5. The SMILES string of the molecule is CN(C)c1ccc(C(CN)N2CCC(C)(C)C2)cc1. The molecule has 1 aliphatic heterocycles. The number of anilines is 1. The molecule has 2 N–H and O–H groups in total. The highest BCUT2D eigenvalue weighted by molar-refractivity contribution is 5.46. The van der Waals surface area contributed by atoms with Gasteiger partial charge in [0.2, 0.25) is 0 Å². The number of benzene rings is 1. The van der Waals surface area contributed by atoms with Crippen molar-refractivity contribution in [2.75, 3.05) is 38.6 Å². The van der Waals surface area contributed by atoms with Gasteiger partial charge in [-0.3, -0.25) is 4.90 Å². The third-order valence-corrected chi connectivity index (χ3v) is 4.17. The van der Waals surface area contributed by atoms with Gasteiger partial charge in [-0.05, 0) is 36.1 Å². The molecule has 2 rings (SSSR count). The Kier molecular flexibility index (Phi) is 4.16. The van der Waals surface area contributed by atoms with E-state index in [4.69, 9.17) is 5.73 Å². The molecule has 1 saturated heterocycles. The molecule has 1 fully saturated rings.